The molecule has 0 aliphatic heterocycles. The van der Waals surface area contributed by atoms with E-state index in [0.29, 0.717) is 34.2 Å². The molecular formula is C27H40O3. The van der Waals surface area contributed by atoms with Crippen molar-refractivity contribution >= 4 is 0 Å². The maximum absolute atomic E-state index is 11.2. The van der Waals surface area contributed by atoms with E-state index in [1.54, 1.807) is 0 Å². The fourth-order valence-corrected chi connectivity index (χ4v) is 7.82. The normalized spacial score (nSPS) is 42.6. The molecule has 166 valence electrons. The van der Waals surface area contributed by atoms with Gasteiger partial charge in [0.05, 0.1) is 0 Å². The lowest BCUT2D eigenvalue weighted by molar-refractivity contribution is 0.0225. The lowest BCUT2D eigenvalue weighted by Crippen LogP contribution is -2.39. The number of aryl methyl sites for hydroxylation is 1. The number of hydrogen-bond acceptors (Lipinski definition) is 3. The minimum Gasteiger partial charge on any atom is -0.502 e. The van der Waals surface area contributed by atoms with Crippen molar-refractivity contribution in [1.29, 1.82) is 0 Å². The zero-order valence-electron chi connectivity index (χ0n) is 20.0. The number of fused-ring (bicyclic) bond motifs is 4. The van der Waals surface area contributed by atoms with E-state index in [1.165, 1.54) is 25.7 Å². The molecule has 30 heavy (non-hydrogen) atoms. The van der Waals surface area contributed by atoms with Gasteiger partial charge < -0.3 is 14.6 Å². The van der Waals surface area contributed by atoms with E-state index >= 15 is 0 Å². The van der Waals surface area contributed by atoms with Crippen molar-refractivity contribution in [2.45, 2.75) is 99.2 Å². The van der Waals surface area contributed by atoms with E-state index in [2.05, 4.69) is 48.5 Å². The molecule has 4 bridgehead atoms. The fourth-order valence-electron chi connectivity index (χ4n) is 7.82. The Kier molecular flexibility index (Phi) is 4.18. The van der Waals surface area contributed by atoms with Crippen molar-refractivity contribution < 1.29 is 14.6 Å². The number of hydrogen-bond donors (Lipinski definition) is 1. The Bertz CT molecular complexity index is 804. The van der Waals surface area contributed by atoms with Crippen LogP contribution >= 0.6 is 0 Å². The number of phenols is 1. The molecule has 0 heterocycles. The monoisotopic (exact) mass is 412 g/mol. The van der Waals surface area contributed by atoms with Gasteiger partial charge in [-0.1, -0.05) is 41.5 Å². The van der Waals surface area contributed by atoms with E-state index in [4.69, 9.17) is 9.47 Å². The molecule has 0 spiro atoms. The number of benzene rings is 1. The quantitative estimate of drug-likeness (QED) is 0.585. The highest BCUT2D eigenvalue weighted by atomic mass is 16.5. The molecule has 4 aliphatic carbocycles. The molecule has 1 N–H and O–H groups in total. The molecule has 6 atom stereocenters. The first-order valence-electron chi connectivity index (χ1n) is 12.1. The minimum atomic E-state index is 0.158. The van der Waals surface area contributed by atoms with Gasteiger partial charge in [-0.2, -0.15) is 0 Å². The van der Waals surface area contributed by atoms with Crippen LogP contribution in [0.15, 0.2) is 12.1 Å². The van der Waals surface area contributed by atoms with Gasteiger partial charge in [0.2, 0.25) is 5.75 Å². The van der Waals surface area contributed by atoms with Crippen molar-refractivity contribution in [2.24, 2.45) is 33.5 Å². The molecule has 0 amide bonds. The first-order chi connectivity index (χ1) is 13.9. The lowest BCUT2D eigenvalue weighted by Gasteiger charge is -2.39. The van der Waals surface area contributed by atoms with Crippen molar-refractivity contribution in [2.75, 3.05) is 0 Å². The first-order valence-corrected chi connectivity index (χ1v) is 12.1. The van der Waals surface area contributed by atoms with Crippen LogP contribution in [0, 0.1) is 40.4 Å². The van der Waals surface area contributed by atoms with E-state index in [1.807, 2.05) is 12.1 Å². The van der Waals surface area contributed by atoms with Crippen LogP contribution in [0.1, 0.15) is 85.6 Å². The number of aromatic hydroxyl groups is 1. The maximum Gasteiger partial charge on any atom is 0.200 e. The van der Waals surface area contributed by atoms with Crippen molar-refractivity contribution in [1.82, 2.24) is 0 Å². The SMILES string of the molecule is Cc1cc(OC2CC3CCC2(C)C3(C)C)c(O)c(OC2CC3CCC2(C)C3(C)C)c1. The number of phenolic OH excluding ortho intramolecular Hbond substituents is 1. The standard InChI is InChI=1S/C27H40O3/c1-16-12-19(29-21-14-17-8-10-26(21,6)24(17,2)3)23(28)20(13-16)30-22-15-18-9-11-27(22,7)25(18,4)5/h12-13,17-18,21-22,28H,8-11,14-15H2,1-7H3. The Morgan fingerprint density at radius 1 is 0.767 bits per heavy atom. The third-order valence-electron chi connectivity index (χ3n) is 11.2. The van der Waals surface area contributed by atoms with Gasteiger partial charge in [-0.15, -0.1) is 0 Å². The zero-order valence-corrected chi connectivity index (χ0v) is 20.0. The molecule has 6 unspecified atom stereocenters. The highest BCUT2D eigenvalue weighted by Gasteiger charge is 2.63. The largest absolute Gasteiger partial charge is 0.502 e. The lowest BCUT2D eigenvalue weighted by atomic mass is 9.70. The van der Waals surface area contributed by atoms with Gasteiger partial charge in [-0.05, 0) is 85.8 Å². The summed E-state index contributed by atoms with van der Waals surface area (Å²) in [6, 6.07) is 3.97. The summed E-state index contributed by atoms with van der Waals surface area (Å²) in [5.41, 5.74) is 1.99. The van der Waals surface area contributed by atoms with E-state index < -0.39 is 0 Å². The Morgan fingerprint density at radius 3 is 1.47 bits per heavy atom. The molecule has 0 saturated heterocycles. The summed E-state index contributed by atoms with van der Waals surface area (Å²) in [7, 11) is 0. The van der Waals surface area contributed by atoms with Crippen molar-refractivity contribution in [3.8, 4) is 17.2 Å². The van der Waals surface area contributed by atoms with Crippen LogP contribution in [0.2, 0.25) is 0 Å². The molecule has 3 heteroatoms. The summed E-state index contributed by atoms with van der Waals surface area (Å²) in [6.07, 6.45) is 7.51. The number of ether oxygens (including phenoxy) is 2. The van der Waals surface area contributed by atoms with Gasteiger partial charge in [0.25, 0.3) is 0 Å². The summed E-state index contributed by atoms with van der Waals surface area (Å²) < 4.78 is 13.1. The average Bonchev–Trinajstić information content (AvgIpc) is 3.17. The predicted octanol–water partition coefficient (Wildman–Crippen LogP) is 6.89. The third kappa shape index (κ3) is 2.44. The third-order valence-corrected chi connectivity index (χ3v) is 11.2. The predicted molar refractivity (Wildman–Crippen MR) is 120 cm³/mol. The van der Waals surface area contributed by atoms with E-state index in [9.17, 15) is 5.11 Å². The fraction of sp³-hybridized carbons (Fsp3) is 0.778. The summed E-state index contributed by atoms with van der Waals surface area (Å²) in [6.45, 7) is 16.4. The van der Waals surface area contributed by atoms with Gasteiger partial charge in [-0.3, -0.25) is 0 Å². The molecule has 0 radical (unpaired) electrons. The summed E-state index contributed by atoms with van der Waals surface area (Å²) >= 11 is 0. The van der Waals surface area contributed by atoms with Gasteiger partial charge in [0.1, 0.15) is 12.2 Å². The van der Waals surface area contributed by atoms with Gasteiger partial charge in [0, 0.05) is 10.8 Å². The Labute approximate surface area is 182 Å². The average molecular weight is 413 g/mol. The van der Waals surface area contributed by atoms with Crippen LogP contribution in [0.3, 0.4) is 0 Å². The Morgan fingerprint density at radius 2 is 1.17 bits per heavy atom. The second-order valence-electron chi connectivity index (χ2n) is 12.5. The van der Waals surface area contributed by atoms with Gasteiger partial charge >= 0.3 is 0 Å². The second-order valence-corrected chi connectivity index (χ2v) is 12.5. The van der Waals surface area contributed by atoms with Crippen LogP contribution in [0.25, 0.3) is 0 Å². The van der Waals surface area contributed by atoms with Gasteiger partial charge in [-0.25, -0.2) is 0 Å². The van der Waals surface area contributed by atoms with Crippen molar-refractivity contribution in [3.63, 3.8) is 0 Å². The summed E-state index contributed by atoms with van der Waals surface area (Å²) in [5, 5.41) is 11.2. The van der Waals surface area contributed by atoms with Crippen LogP contribution in [0.4, 0.5) is 0 Å². The molecule has 5 rings (SSSR count). The first kappa shape index (κ1) is 20.5. The van der Waals surface area contributed by atoms with Crippen LogP contribution in [-0.4, -0.2) is 17.3 Å². The van der Waals surface area contributed by atoms with E-state index in [-0.39, 0.29) is 28.8 Å². The van der Waals surface area contributed by atoms with Gasteiger partial charge in [0.15, 0.2) is 11.5 Å². The van der Waals surface area contributed by atoms with Crippen LogP contribution < -0.4 is 9.47 Å². The molecule has 1 aromatic carbocycles. The van der Waals surface area contributed by atoms with E-state index in [0.717, 1.165) is 18.4 Å². The molecule has 0 aromatic heterocycles. The molecule has 4 fully saturated rings. The molecular weight excluding hydrogens is 372 g/mol. The Balaban J connectivity index is 1.41. The van der Waals surface area contributed by atoms with Crippen LogP contribution in [-0.2, 0) is 0 Å². The molecule has 4 aliphatic rings. The zero-order chi connectivity index (χ0) is 21.7. The maximum atomic E-state index is 11.2. The highest BCUT2D eigenvalue weighted by molar-refractivity contribution is 5.53. The Hall–Kier alpha value is -1.38. The molecule has 3 nitrogen and oxygen atoms in total. The molecule has 1 aromatic rings. The smallest absolute Gasteiger partial charge is 0.200 e. The summed E-state index contributed by atoms with van der Waals surface area (Å²) in [4.78, 5) is 0. The topological polar surface area (TPSA) is 38.7 Å². The minimum absolute atomic E-state index is 0.158. The highest BCUT2D eigenvalue weighted by Crippen LogP contribution is 2.67. The molecule has 4 saturated carbocycles. The number of rotatable bonds is 4. The van der Waals surface area contributed by atoms with Crippen LogP contribution in [0.5, 0.6) is 17.2 Å². The summed E-state index contributed by atoms with van der Waals surface area (Å²) in [5.74, 6) is 2.83. The van der Waals surface area contributed by atoms with Crippen molar-refractivity contribution in [3.05, 3.63) is 17.7 Å². The second kappa shape index (κ2) is 6.11.